The van der Waals surface area contributed by atoms with Gasteiger partial charge in [0.2, 0.25) is 0 Å². The van der Waals surface area contributed by atoms with E-state index in [0.717, 1.165) is 6.42 Å². The van der Waals surface area contributed by atoms with Gasteiger partial charge in [-0.1, -0.05) is 41.9 Å². The van der Waals surface area contributed by atoms with Gasteiger partial charge in [0.25, 0.3) is 0 Å². The molecule has 3 heterocycles. The minimum atomic E-state index is -5.86. The molecule has 0 amide bonds. The van der Waals surface area contributed by atoms with E-state index in [2.05, 4.69) is 23.8 Å². The number of fused-ring (bicyclic) bond motifs is 1. The van der Waals surface area contributed by atoms with Gasteiger partial charge in [-0.2, -0.15) is 0 Å². The van der Waals surface area contributed by atoms with Crippen LogP contribution in [0.5, 0.6) is 0 Å². The van der Waals surface area contributed by atoms with Gasteiger partial charge in [-0.25, -0.2) is 23.8 Å². The molecule has 0 bridgehead atoms. The first-order valence-electron chi connectivity index (χ1n) is 9.94. The van der Waals surface area contributed by atoms with Crippen molar-refractivity contribution in [2.45, 2.75) is 47.0 Å². The number of hydrogen-bond donors (Lipinski definition) is 6. The number of halogens is 2. The van der Waals surface area contributed by atoms with Gasteiger partial charge in [-0.15, -0.1) is 0 Å². The van der Waals surface area contributed by atoms with Crippen LogP contribution in [0.2, 0.25) is 0 Å². The van der Waals surface area contributed by atoms with Crippen LogP contribution in [0.1, 0.15) is 19.6 Å². The lowest BCUT2D eigenvalue weighted by Gasteiger charge is -2.28. The number of thioether (sulfide) groups is 1. The lowest BCUT2D eigenvalue weighted by Crippen LogP contribution is -2.32. The molecule has 1 saturated heterocycles. The Bertz CT molecular complexity index is 1300. The molecule has 0 radical (unpaired) electrons. The first-order chi connectivity index (χ1) is 17.0. The molecule has 3 rings (SSSR count). The summed E-state index contributed by atoms with van der Waals surface area (Å²) >= 11 is 11.9. The minimum absolute atomic E-state index is 0.0369. The van der Waals surface area contributed by atoms with Crippen LogP contribution in [0, 0.1) is 0 Å². The molecule has 7 N–H and O–H groups in total. The molecule has 210 valence electrons. The van der Waals surface area contributed by atoms with Gasteiger partial charge in [0, 0.05) is 12.9 Å². The standard InChI is InChI=1S/C14H22Cl2N5O12P3S/c1-3-4-37-13-19-9(17)6-10(20-13)21(5-18-6)11-7(22)8(23)12(31-11)32-36(29,30-2)33-35(27,28)14(15,16)34(24,25)26/h5,7-8,11-12,22-23H,3-4H2,1-2H3,(H,27,28)(H2,17,19,20)(H2,24,25,26)/t7-,8+,11-,12-,36?/m1/s1. The molecular formula is C14H22Cl2N5O12P3S. The number of anilines is 1. The van der Waals surface area contributed by atoms with Crippen LogP contribution in [-0.2, 0) is 31.8 Å². The Morgan fingerprint density at radius 2 is 1.86 bits per heavy atom. The molecule has 17 nitrogen and oxygen atoms in total. The largest absolute Gasteiger partial charge is 0.484 e. The molecule has 1 aliphatic rings. The van der Waals surface area contributed by atoms with E-state index in [9.17, 15) is 28.8 Å². The Morgan fingerprint density at radius 3 is 2.43 bits per heavy atom. The number of nitrogen functional groups attached to an aromatic ring is 1. The van der Waals surface area contributed by atoms with Crippen molar-refractivity contribution in [3.05, 3.63) is 6.33 Å². The Hall–Kier alpha value is -0.390. The fourth-order valence-electron chi connectivity index (χ4n) is 2.88. The van der Waals surface area contributed by atoms with E-state index >= 15 is 0 Å². The van der Waals surface area contributed by atoms with Crippen molar-refractivity contribution in [3.8, 4) is 0 Å². The monoisotopic (exact) mass is 647 g/mol. The van der Waals surface area contributed by atoms with Crippen LogP contribution in [0.15, 0.2) is 11.5 Å². The molecular weight excluding hydrogens is 626 g/mol. The van der Waals surface area contributed by atoms with E-state index in [-0.39, 0.29) is 17.0 Å². The smallest absolute Gasteiger partial charge is 0.385 e. The number of aromatic nitrogens is 4. The van der Waals surface area contributed by atoms with E-state index in [1.165, 1.54) is 22.7 Å². The second-order valence-electron chi connectivity index (χ2n) is 7.33. The van der Waals surface area contributed by atoms with Crippen LogP contribution < -0.4 is 5.73 Å². The zero-order valence-electron chi connectivity index (χ0n) is 18.8. The number of imidazole rings is 1. The van der Waals surface area contributed by atoms with Gasteiger partial charge < -0.3 is 35.4 Å². The van der Waals surface area contributed by atoms with E-state index < -0.39 is 51.6 Å². The van der Waals surface area contributed by atoms with Crippen molar-refractivity contribution < 1.29 is 56.7 Å². The van der Waals surface area contributed by atoms with Gasteiger partial charge in [0.05, 0.1) is 6.33 Å². The highest BCUT2D eigenvalue weighted by Crippen LogP contribution is 2.80. The normalized spacial score (nSPS) is 26.3. The number of phosphoric ester groups is 1. The summed E-state index contributed by atoms with van der Waals surface area (Å²) in [5.74, 6) is 0.723. The summed E-state index contributed by atoms with van der Waals surface area (Å²) in [5.41, 5.74) is 6.21. The molecule has 23 heteroatoms. The second kappa shape index (κ2) is 11.2. The van der Waals surface area contributed by atoms with Crippen LogP contribution in [0.25, 0.3) is 11.2 Å². The van der Waals surface area contributed by atoms with Crippen molar-refractivity contribution in [1.29, 1.82) is 0 Å². The summed E-state index contributed by atoms with van der Waals surface area (Å²) in [7, 11) is -16.2. The summed E-state index contributed by atoms with van der Waals surface area (Å²) in [6.45, 7) is 1.95. The third-order valence-corrected chi connectivity index (χ3v) is 13.9. The number of aliphatic hydroxyl groups excluding tert-OH is 2. The van der Waals surface area contributed by atoms with E-state index in [4.69, 9.17) is 48.0 Å². The molecule has 6 atom stereocenters. The highest BCUT2D eigenvalue weighted by molar-refractivity contribution is 7.99. The molecule has 2 aromatic rings. The lowest BCUT2D eigenvalue weighted by atomic mass is 10.2. The molecule has 2 aromatic heterocycles. The van der Waals surface area contributed by atoms with Crippen LogP contribution >= 0.6 is 58.0 Å². The molecule has 0 saturated carbocycles. The van der Waals surface area contributed by atoms with Gasteiger partial charge in [0.15, 0.2) is 29.1 Å². The van der Waals surface area contributed by atoms with Crippen molar-refractivity contribution >= 4 is 75.0 Å². The zero-order chi connectivity index (χ0) is 28.0. The zero-order valence-corrected chi connectivity index (χ0v) is 23.8. The number of ether oxygens (including phenoxy) is 1. The summed E-state index contributed by atoms with van der Waals surface area (Å²) in [4.78, 5) is 40.8. The number of aliphatic hydroxyl groups is 2. The van der Waals surface area contributed by atoms with Gasteiger partial charge in [0.1, 0.15) is 17.7 Å². The maximum absolute atomic E-state index is 12.9. The SMILES string of the molecule is CCCSc1nc(N)c2ncn([C@@H]3O[C@H](OP(=O)(OC)OP(=O)(O)C(Cl)(Cl)P(=O)(O)O)[C@@H](O)[C@H]3O)c2n1. The van der Waals surface area contributed by atoms with E-state index in [1.807, 2.05) is 6.92 Å². The Morgan fingerprint density at radius 1 is 1.22 bits per heavy atom. The second-order valence-corrected chi connectivity index (χ2v) is 16.7. The van der Waals surface area contributed by atoms with Crippen LogP contribution in [-0.4, -0.2) is 79.6 Å². The van der Waals surface area contributed by atoms with Gasteiger partial charge in [-0.3, -0.25) is 22.7 Å². The molecule has 0 aromatic carbocycles. The lowest BCUT2D eigenvalue weighted by molar-refractivity contribution is -0.134. The number of rotatable bonds is 11. The molecule has 0 aliphatic carbocycles. The van der Waals surface area contributed by atoms with Crippen LogP contribution in [0.4, 0.5) is 5.82 Å². The van der Waals surface area contributed by atoms with Crippen LogP contribution in [0.3, 0.4) is 0 Å². The number of nitrogens with two attached hydrogens (primary N) is 1. The van der Waals surface area contributed by atoms with E-state index in [1.54, 1.807) is 0 Å². The van der Waals surface area contributed by atoms with Gasteiger partial charge in [-0.05, 0) is 6.42 Å². The summed E-state index contributed by atoms with van der Waals surface area (Å²) in [6.07, 6.45) is -5.23. The number of alkyl halides is 2. The van der Waals surface area contributed by atoms with E-state index in [0.29, 0.717) is 18.0 Å². The molecule has 0 spiro atoms. The first kappa shape index (κ1) is 31.1. The quantitative estimate of drug-likeness (QED) is 0.0877. The fourth-order valence-corrected chi connectivity index (χ4v) is 8.19. The van der Waals surface area contributed by atoms with Crippen molar-refractivity contribution in [2.24, 2.45) is 0 Å². The Kier molecular flexibility index (Phi) is 9.46. The number of hydrogen-bond acceptors (Lipinski definition) is 14. The highest BCUT2D eigenvalue weighted by atomic mass is 35.5. The summed E-state index contributed by atoms with van der Waals surface area (Å²) < 4.78 is 53.2. The average molecular weight is 648 g/mol. The maximum atomic E-state index is 12.9. The topological polar surface area (TPSA) is 259 Å². The van der Waals surface area contributed by atoms with Crippen molar-refractivity contribution in [1.82, 2.24) is 19.5 Å². The fraction of sp³-hybridized carbons (Fsp3) is 0.643. The number of nitrogens with zero attached hydrogens (tertiary/aromatic N) is 4. The third-order valence-electron chi connectivity index (χ3n) is 4.69. The molecule has 2 unspecified atom stereocenters. The third kappa shape index (κ3) is 6.19. The minimum Gasteiger partial charge on any atom is -0.385 e. The summed E-state index contributed by atoms with van der Waals surface area (Å²) in [6, 6.07) is 0. The predicted octanol–water partition coefficient (Wildman–Crippen LogP) is 1.73. The Balaban J connectivity index is 1.88. The first-order valence-corrected chi connectivity index (χ1v) is 16.3. The van der Waals surface area contributed by atoms with Crippen molar-refractivity contribution in [2.75, 3.05) is 18.6 Å². The maximum Gasteiger partial charge on any atom is 0.484 e. The summed E-state index contributed by atoms with van der Waals surface area (Å²) in [5, 5.41) is 21.3. The van der Waals surface area contributed by atoms with Gasteiger partial charge >= 0.3 is 26.8 Å². The Labute approximate surface area is 222 Å². The van der Waals surface area contributed by atoms with Crippen molar-refractivity contribution in [3.63, 3.8) is 0 Å². The highest BCUT2D eigenvalue weighted by Gasteiger charge is 2.63. The predicted molar refractivity (Wildman–Crippen MR) is 130 cm³/mol. The average Bonchev–Trinajstić information content (AvgIpc) is 3.33. The molecule has 1 fully saturated rings. The molecule has 37 heavy (non-hydrogen) atoms. The molecule has 1 aliphatic heterocycles. The number of phosphoric acid groups is 1.